The Morgan fingerprint density at radius 3 is 2.82 bits per heavy atom. The van der Waals surface area contributed by atoms with Gasteiger partial charge in [0.2, 0.25) is 0 Å². The Labute approximate surface area is 142 Å². The van der Waals surface area contributed by atoms with Crippen molar-refractivity contribution in [3.8, 4) is 5.75 Å². The largest absolute Gasteiger partial charge is 0.484 e. The van der Waals surface area contributed by atoms with Crippen molar-refractivity contribution in [2.24, 2.45) is 5.92 Å². The van der Waals surface area contributed by atoms with E-state index in [1.54, 1.807) is 24.3 Å². The number of hydrogen-bond acceptors (Lipinski definition) is 3. The summed E-state index contributed by atoms with van der Waals surface area (Å²) >= 11 is 9.41. The summed E-state index contributed by atoms with van der Waals surface area (Å²) < 4.78 is 11.9. The Bertz CT molecular complexity index is 655. The zero-order valence-electron chi connectivity index (χ0n) is 12.4. The van der Waals surface area contributed by atoms with Crippen molar-refractivity contribution in [2.45, 2.75) is 20.5 Å². The molecular formula is C16H17BrClNO3. The predicted octanol–water partition coefficient (Wildman–Crippen LogP) is 4.66. The van der Waals surface area contributed by atoms with Crippen LogP contribution in [0.3, 0.4) is 0 Å². The van der Waals surface area contributed by atoms with Crippen molar-refractivity contribution in [1.82, 2.24) is 5.32 Å². The van der Waals surface area contributed by atoms with Crippen LogP contribution in [0.2, 0.25) is 5.02 Å². The highest BCUT2D eigenvalue weighted by Gasteiger charge is 2.12. The minimum Gasteiger partial charge on any atom is -0.484 e. The Kier molecular flexibility index (Phi) is 5.91. The smallest absolute Gasteiger partial charge is 0.287 e. The van der Waals surface area contributed by atoms with Crippen molar-refractivity contribution < 1.29 is 13.9 Å². The first-order chi connectivity index (χ1) is 10.5. The summed E-state index contributed by atoms with van der Waals surface area (Å²) in [5.74, 6) is 1.57. The molecule has 4 nitrogen and oxygen atoms in total. The van der Waals surface area contributed by atoms with Gasteiger partial charge in [-0.05, 0) is 36.2 Å². The lowest BCUT2D eigenvalue weighted by Crippen LogP contribution is -2.26. The van der Waals surface area contributed by atoms with Gasteiger partial charge in [-0.25, -0.2) is 0 Å². The first-order valence-electron chi connectivity index (χ1n) is 6.90. The second-order valence-electron chi connectivity index (χ2n) is 5.23. The lowest BCUT2D eigenvalue weighted by molar-refractivity contribution is 0.0917. The SMILES string of the molecule is CC(C)CNC(=O)c1ccc(COc2ccc(Br)cc2Cl)o1. The number of halogens is 2. The quantitative estimate of drug-likeness (QED) is 0.785. The molecule has 0 spiro atoms. The maximum Gasteiger partial charge on any atom is 0.287 e. The molecule has 0 saturated heterocycles. The van der Waals surface area contributed by atoms with E-state index in [2.05, 4.69) is 21.2 Å². The van der Waals surface area contributed by atoms with E-state index in [0.717, 1.165) is 4.47 Å². The summed E-state index contributed by atoms with van der Waals surface area (Å²) in [4.78, 5) is 11.9. The Hall–Kier alpha value is -1.46. The molecule has 1 amide bonds. The van der Waals surface area contributed by atoms with Gasteiger partial charge in [-0.15, -0.1) is 0 Å². The number of rotatable bonds is 6. The van der Waals surface area contributed by atoms with Gasteiger partial charge in [-0.3, -0.25) is 4.79 Å². The lowest BCUT2D eigenvalue weighted by Gasteiger charge is -2.07. The Balaban J connectivity index is 1.93. The van der Waals surface area contributed by atoms with Crippen LogP contribution < -0.4 is 10.1 Å². The number of carbonyl (C=O) groups is 1. The minimum atomic E-state index is -0.221. The van der Waals surface area contributed by atoms with Crippen molar-refractivity contribution in [2.75, 3.05) is 6.54 Å². The molecule has 6 heteroatoms. The van der Waals surface area contributed by atoms with Crippen LogP contribution in [0.25, 0.3) is 0 Å². The van der Waals surface area contributed by atoms with E-state index in [-0.39, 0.29) is 18.3 Å². The summed E-state index contributed by atoms with van der Waals surface area (Å²) in [6.07, 6.45) is 0. The Morgan fingerprint density at radius 2 is 2.14 bits per heavy atom. The third-order valence-corrected chi connectivity index (χ3v) is 3.61. The van der Waals surface area contributed by atoms with Crippen molar-refractivity contribution >= 4 is 33.4 Å². The molecule has 0 aliphatic carbocycles. The lowest BCUT2D eigenvalue weighted by atomic mass is 10.2. The molecule has 0 aliphatic rings. The standard InChI is InChI=1S/C16H17BrClNO3/c1-10(2)8-19-16(20)15-6-4-12(22-15)9-21-14-5-3-11(17)7-13(14)18/h3-7,10H,8-9H2,1-2H3,(H,19,20). The van der Waals surface area contributed by atoms with Crippen molar-refractivity contribution in [3.63, 3.8) is 0 Å². The first kappa shape index (κ1) is 16.9. The zero-order valence-corrected chi connectivity index (χ0v) is 14.7. The summed E-state index contributed by atoms with van der Waals surface area (Å²) in [6.45, 7) is 4.88. The van der Waals surface area contributed by atoms with Gasteiger partial charge in [0.1, 0.15) is 18.1 Å². The second-order valence-corrected chi connectivity index (χ2v) is 6.56. The van der Waals surface area contributed by atoms with Crippen LogP contribution in [0, 0.1) is 5.92 Å². The van der Waals surface area contributed by atoms with Crippen LogP contribution >= 0.6 is 27.5 Å². The Morgan fingerprint density at radius 1 is 1.36 bits per heavy atom. The second kappa shape index (κ2) is 7.70. The number of carbonyl (C=O) groups excluding carboxylic acids is 1. The fourth-order valence-electron chi connectivity index (χ4n) is 1.70. The molecule has 0 atom stereocenters. The van der Waals surface area contributed by atoms with E-state index in [1.807, 2.05) is 19.9 Å². The fourth-order valence-corrected chi connectivity index (χ4v) is 2.43. The molecule has 0 saturated carbocycles. The van der Waals surface area contributed by atoms with Gasteiger partial charge in [0.15, 0.2) is 5.76 Å². The molecule has 0 aliphatic heterocycles. The number of hydrogen-bond donors (Lipinski definition) is 1. The van der Waals surface area contributed by atoms with Gasteiger partial charge in [-0.2, -0.15) is 0 Å². The number of ether oxygens (including phenoxy) is 1. The van der Waals surface area contributed by atoms with Gasteiger partial charge >= 0.3 is 0 Å². The first-order valence-corrected chi connectivity index (χ1v) is 8.07. The third kappa shape index (κ3) is 4.78. The van der Waals surface area contributed by atoms with E-state index in [9.17, 15) is 4.79 Å². The van der Waals surface area contributed by atoms with Gasteiger partial charge in [-0.1, -0.05) is 41.4 Å². The van der Waals surface area contributed by atoms with Crippen LogP contribution in [0.4, 0.5) is 0 Å². The molecule has 2 rings (SSSR count). The topological polar surface area (TPSA) is 51.5 Å². The van der Waals surface area contributed by atoms with E-state index in [4.69, 9.17) is 20.8 Å². The van der Waals surface area contributed by atoms with Crippen molar-refractivity contribution in [3.05, 3.63) is 51.3 Å². The van der Waals surface area contributed by atoms with Crippen LogP contribution in [0.15, 0.2) is 39.2 Å². The molecule has 1 aromatic heterocycles. The van der Waals surface area contributed by atoms with Crippen LogP contribution in [-0.2, 0) is 6.61 Å². The zero-order chi connectivity index (χ0) is 16.1. The van der Waals surface area contributed by atoms with Crippen LogP contribution in [-0.4, -0.2) is 12.5 Å². The molecule has 2 aromatic rings. The van der Waals surface area contributed by atoms with E-state index >= 15 is 0 Å². The minimum absolute atomic E-state index is 0.207. The molecule has 1 heterocycles. The highest BCUT2D eigenvalue weighted by molar-refractivity contribution is 9.10. The van der Waals surface area contributed by atoms with Crippen molar-refractivity contribution in [1.29, 1.82) is 0 Å². The fraction of sp³-hybridized carbons (Fsp3) is 0.312. The molecule has 0 radical (unpaired) electrons. The summed E-state index contributed by atoms with van der Waals surface area (Å²) in [5.41, 5.74) is 0. The maximum atomic E-state index is 11.9. The monoisotopic (exact) mass is 385 g/mol. The van der Waals surface area contributed by atoms with E-state index < -0.39 is 0 Å². The van der Waals surface area contributed by atoms with E-state index in [0.29, 0.717) is 29.0 Å². The molecule has 0 fully saturated rings. The average molecular weight is 387 g/mol. The molecule has 0 unspecified atom stereocenters. The highest BCUT2D eigenvalue weighted by Crippen LogP contribution is 2.28. The van der Waals surface area contributed by atoms with Gasteiger partial charge in [0.05, 0.1) is 5.02 Å². The van der Waals surface area contributed by atoms with Gasteiger partial charge in [0.25, 0.3) is 5.91 Å². The van der Waals surface area contributed by atoms with E-state index in [1.165, 1.54) is 0 Å². The summed E-state index contributed by atoms with van der Waals surface area (Å²) in [5, 5.41) is 3.31. The molecular weight excluding hydrogens is 370 g/mol. The number of nitrogens with one attached hydrogen (secondary N) is 1. The number of furan rings is 1. The van der Waals surface area contributed by atoms with Crippen LogP contribution in [0.5, 0.6) is 5.75 Å². The van der Waals surface area contributed by atoms with Crippen LogP contribution in [0.1, 0.15) is 30.2 Å². The molecule has 1 N–H and O–H groups in total. The van der Waals surface area contributed by atoms with Gasteiger partial charge < -0.3 is 14.5 Å². The van der Waals surface area contributed by atoms with Gasteiger partial charge in [0, 0.05) is 11.0 Å². The molecule has 118 valence electrons. The third-order valence-electron chi connectivity index (χ3n) is 2.82. The average Bonchev–Trinajstić information content (AvgIpc) is 2.92. The molecule has 22 heavy (non-hydrogen) atoms. The number of benzene rings is 1. The summed E-state index contributed by atoms with van der Waals surface area (Å²) in [6, 6.07) is 8.72. The number of amides is 1. The highest BCUT2D eigenvalue weighted by atomic mass is 79.9. The normalized spacial score (nSPS) is 10.8. The predicted molar refractivity (Wildman–Crippen MR) is 89.4 cm³/mol. The maximum absolute atomic E-state index is 11.9. The molecule has 0 bridgehead atoms. The summed E-state index contributed by atoms with van der Waals surface area (Å²) in [7, 11) is 0. The molecule has 1 aromatic carbocycles.